The van der Waals surface area contributed by atoms with Crippen LogP contribution in [0.2, 0.25) is 5.02 Å². The van der Waals surface area contributed by atoms with Gasteiger partial charge in [-0.15, -0.1) is 0 Å². The van der Waals surface area contributed by atoms with E-state index < -0.39 is 10.0 Å². The fraction of sp³-hybridized carbons (Fsp3) is 0.350. The zero-order valence-electron chi connectivity index (χ0n) is 15.9. The number of ether oxygens (including phenoxy) is 1. The summed E-state index contributed by atoms with van der Waals surface area (Å²) in [6, 6.07) is 11.8. The van der Waals surface area contributed by atoms with E-state index in [1.54, 1.807) is 17.0 Å². The maximum absolute atomic E-state index is 12.7. The molecule has 6 nitrogen and oxygen atoms in total. The van der Waals surface area contributed by atoms with E-state index in [1.165, 1.54) is 16.4 Å². The fourth-order valence-corrected chi connectivity index (χ4v) is 4.52. The molecule has 1 saturated heterocycles. The van der Waals surface area contributed by atoms with Crippen LogP contribution < -0.4 is 4.74 Å². The number of carbonyl (C=O) groups is 1. The van der Waals surface area contributed by atoms with E-state index in [2.05, 4.69) is 0 Å². The summed E-state index contributed by atoms with van der Waals surface area (Å²) in [4.78, 5) is 14.2. The number of piperazine rings is 1. The minimum atomic E-state index is -3.59. The van der Waals surface area contributed by atoms with Crippen molar-refractivity contribution in [3.63, 3.8) is 0 Å². The van der Waals surface area contributed by atoms with Gasteiger partial charge in [0.1, 0.15) is 5.75 Å². The summed E-state index contributed by atoms with van der Waals surface area (Å²) in [5, 5.41) is 0.484. The molecule has 150 valence electrons. The van der Waals surface area contributed by atoms with Crippen molar-refractivity contribution in [2.45, 2.75) is 18.7 Å². The predicted octanol–water partition coefficient (Wildman–Crippen LogP) is 2.87. The number of amides is 1. The molecule has 2 aromatic rings. The van der Waals surface area contributed by atoms with E-state index in [4.69, 9.17) is 16.3 Å². The lowest BCUT2D eigenvalue weighted by molar-refractivity contribution is -0.134. The van der Waals surface area contributed by atoms with Gasteiger partial charge in [0.05, 0.1) is 4.90 Å². The maximum atomic E-state index is 12.7. The van der Waals surface area contributed by atoms with Gasteiger partial charge in [-0.05, 0) is 61.4 Å². The molecule has 0 radical (unpaired) electrons. The summed E-state index contributed by atoms with van der Waals surface area (Å²) in [6.07, 6.45) is 0. The molecule has 8 heteroatoms. The van der Waals surface area contributed by atoms with E-state index >= 15 is 0 Å². The van der Waals surface area contributed by atoms with Gasteiger partial charge in [-0.1, -0.05) is 17.7 Å². The number of sulfonamides is 1. The van der Waals surface area contributed by atoms with E-state index in [9.17, 15) is 13.2 Å². The number of hydrogen-bond acceptors (Lipinski definition) is 4. The van der Waals surface area contributed by atoms with E-state index in [-0.39, 0.29) is 30.5 Å². The molecule has 0 unspecified atom stereocenters. The molecule has 0 aliphatic carbocycles. The Labute approximate surface area is 170 Å². The molecule has 1 fully saturated rings. The SMILES string of the molecule is Cc1ccc(OCC(=O)N2CCN(S(=O)(=O)c3ccc(Cl)cc3)CC2)cc1C. The van der Waals surface area contributed by atoms with Crippen molar-refractivity contribution >= 4 is 27.5 Å². The lowest BCUT2D eigenvalue weighted by atomic mass is 10.1. The van der Waals surface area contributed by atoms with Crippen LogP contribution in [-0.2, 0) is 14.8 Å². The van der Waals surface area contributed by atoms with E-state index in [0.717, 1.165) is 11.1 Å². The van der Waals surface area contributed by atoms with Crippen LogP contribution in [0.1, 0.15) is 11.1 Å². The first-order valence-electron chi connectivity index (χ1n) is 9.01. The molecular formula is C20H23ClN2O4S. The Balaban J connectivity index is 1.55. The van der Waals surface area contributed by atoms with Crippen molar-refractivity contribution < 1.29 is 17.9 Å². The topological polar surface area (TPSA) is 66.9 Å². The Kier molecular flexibility index (Phi) is 6.27. The van der Waals surface area contributed by atoms with Gasteiger partial charge in [-0.3, -0.25) is 4.79 Å². The summed E-state index contributed by atoms with van der Waals surface area (Å²) >= 11 is 5.83. The minimum Gasteiger partial charge on any atom is -0.484 e. The molecule has 0 N–H and O–H groups in total. The molecular weight excluding hydrogens is 400 g/mol. The lowest BCUT2D eigenvalue weighted by Crippen LogP contribution is -2.51. The largest absolute Gasteiger partial charge is 0.484 e. The molecule has 1 aliphatic heterocycles. The first-order valence-corrected chi connectivity index (χ1v) is 10.8. The van der Waals surface area contributed by atoms with Crippen molar-refractivity contribution in [1.82, 2.24) is 9.21 Å². The van der Waals surface area contributed by atoms with Gasteiger partial charge in [-0.25, -0.2) is 8.42 Å². The second-order valence-corrected chi connectivity index (χ2v) is 9.15. The number of carbonyl (C=O) groups excluding carboxylic acids is 1. The van der Waals surface area contributed by atoms with Crippen molar-refractivity contribution in [3.05, 3.63) is 58.6 Å². The molecule has 1 amide bonds. The monoisotopic (exact) mass is 422 g/mol. The third-order valence-corrected chi connectivity index (χ3v) is 7.05. The zero-order valence-corrected chi connectivity index (χ0v) is 17.5. The molecule has 0 saturated carbocycles. The third kappa shape index (κ3) is 4.66. The number of aryl methyl sites for hydroxylation is 2. The Morgan fingerprint density at radius 2 is 1.64 bits per heavy atom. The number of rotatable bonds is 5. The second-order valence-electron chi connectivity index (χ2n) is 6.77. The Bertz CT molecular complexity index is 953. The molecule has 2 aromatic carbocycles. The van der Waals surface area contributed by atoms with E-state index in [1.807, 2.05) is 32.0 Å². The Morgan fingerprint density at radius 3 is 2.25 bits per heavy atom. The van der Waals surface area contributed by atoms with Gasteiger partial charge in [-0.2, -0.15) is 4.31 Å². The normalized spacial score (nSPS) is 15.5. The quantitative estimate of drug-likeness (QED) is 0.743. The van der Waals surface area contributed by atoms with Crippen molar-refractivity contribution in [2.24, 2.45) is 0 Å². The molecule has 1 heterocycles. The molecule has 0 spiro atoms. The summed E-state index contributed by atoms with van der Waals surface area (Å²) in [7, 11) is -3.59. The number of halogens is 1. The molecule has 3 rings (SSSR count). The lowest BCUT2D eigenvalue weighted by Gasteiger charge is -2.34. The molecule has 0 atom stereocenters. The van der Waals surface area contributed by atoms with Gasteiger partial charge in [0.2, 0.25) is 10.0 Å². The summed E-state index contributed by atoms with van der Waals surface area (Å²) in [6.45, 7) is 5.11. The minimum absolute atomic E-state index is 0.0631. The number of nitrogens with zero attached hydrogens (tertiary/aromatic N) is 2. The second kappa shape index (κ2) is 8.51. The van der Waals surface area contributed by atoms with Crippen molar-refractivity contribution in [2.75, 3.05) is 32.8 Å². The highest BCUT2D eigenvalue weighted by Crippen LogP contribution is 2.20. The Morgan fingerprint density at radius 1 is 1.00 bits per heavy atom. The number of benzene rings is 2. The predicted molar refractivity (Wildman–Crippen MR) is 108 cm³/mol. The average molecular weight is 423 g/mol. The van der Waals surface area contributed by atoms with Crippen LogP contribution >= 0.6 is 11.6 Å². The average Bonchev–Trinajstić information content (AvgIpc) is 2.69. The molecule has 0 aromatic heterocycles. The third-order valence-electron chi connectivity index (χ3n) is 4.88. The van der Waals surface area contributed by atoms with Crippen LogP contribution in [0.3, 0.4) is 0 Å². The highest BCUT2D eigenvalue weighted by molar-refractivity contribution is 7.89. The highest BCUT2D eigenvalue weighted by atomic mass is 35.5. The first-order chi connectivity index (χ1) is 13.3. The van der Waals surface area contributed by atoms with Crippen molar-refractivity contribution in [1.29, 1.82) is 0 Å². The highest BCUT2D eigenvalue weighted by Gasteiger charge is 2.30. The van der Waals surface area contributed by atoms with Gasteiger partial charge in [0.25, 0.3) is 5.91 Å². The van der Waals surface area contributed by atoms with Crippen LogP contribution in [0, 0.1) is 13.8 Å². The Hall–Kier alpha value is -2.09. The smallest absolute Gasteiger partial charge is 0.260 e. The van der Waals surface area contributed by atoms with Crippen LogP contribution in [0.4, 0.5) is 0 Å². The molecule has 1 aliphatic rings. The molecule has 0 bridgehead atoms. The van der Waals surface area contributed by atoms with Crippen LogP contribution in [0.5, 0.6) is 5.75 Å². The van der Waals surface area contributed by atoms with Gasteiger partial charge < -0.3 is 9.64 Å². The summed E-state index contributed by atoms with van der Waals surface area (Å²) in [5.74, 6) is 0.502. The van der Waals surface area contributed by atoms with Gasteiger partial charge in [0.15, 0.2) is 6.61 Å². The van der Waals surface area contributed by atoms with Crippen LogP contribution in [-0.4, -0.2) is 56.3 Å². The van der Waals surface area contributed by atoms with E-state index in [0.29, 0.717) is 23.9 Å². The maximum Gasteiger partial charge on any atom is 0.260 e. The standard InChI is InChI=1S/C20H23ClN2O4S/c1-15-3-6-18(13-16(15)2)27-14-20(24)22-9-11-23(12-10-22)28(25,26)19-7-4-17(21)5-8-19/h3-8,13H,9-12,14H2,1-2H3. The zero-order chi connectivity index (χ0) is 20.3. The summed E-state index contributed by atoms with van der Waals surface area (Å²) < 4.78 is 32.4. The van der Waals surface area contributed by atoms with Gasteiger partial charge in [0, 0.05) is 31.2 Å². The molecule has 28 heavy (non-hydrogen) atoms. The van der Waals surface area contributed by atoms with Crippen molar-refractivity contribution in [3.8, 4) is 5.75 Å². The number of hydrogen-bond donors (Lipinski definition) is 0. The fourth-order valence-electron chi connectivity index (χ4n) is 2.97. The van der Waals surface area contributed by atoms with Gasteiger partial charge >= 0.3 is 0 Å². The first kappa shape index (κ1) is 20.6. The van der Waals surface area contributed by atoms with Crippen LogP contribution in [0.25, 0.3) is 0 Å². The van der Waals surface area contributed by atoms with Crippen LogP contribution in [0.15, 0.2) is 47.4 Å². The summed E-state index contributed by atoms with van der Waals surface area (Å²) in [5.41, 5.74) is 2.27.